The topological polar surface area (TPSA) is 58.4 Å². The minimum Gasteiger partial charge on any atom is -0.371 e. The highest BCUT2D eigenvalue weighted by Gasteiger charge is 2.37. The number of benzene rings is 1. The van der Waals surface area contributed by atoms with Gasteiger partial charge in [-0.1, -0.05) is 24.6 Å². The van der Waals surface area contributed by atoms with Crippen molar-refractivity contribution < 1.29 is 4.79 Å². The molecular formula is C16H25N3O. The fraction of sp³-hybridized carbons (Fsp3) is 0.562. The zero-order chi connectivity index (χ0) is 14.6. The second-order valence-corrected chi connectivity index (χ2v) is 5.73. The first-order chi connectivity index (χ1) is 9.55. The van der Waals surface area contributed by atoms with E-state index in [-0.39, 0.29) is 5.91 Å². The van der Waals surface area contributed by atoms with Crippen LogP contribution >= 0.6 is 0 Å². The van der Waals surface area contributed by atoms with E-state index in [1.165, 1.54) is 5.56 Å². The number of nitrogens with two attached hydrogens (primary N) is 1. The summed E-state index contributed by atoms with van der Waals surface area (Å²) in [5.74, 6) is -0.240. The Kier molecular flexibility index (Phi) is 4.65. The zero-order valence-corrected chi connectivity index (χ0v) is 12.5. The standard InChI is InChI=1S/C16H25N3O/c1-3-19-11-4-9-16(10-12-19,15(17)20)18-14-7-5-13(2)6-8-14/h5-8,18H,3-4,9-12H2,1-2H3,(H2,17,20). The van der Waals surface area contributed by atoms with Crippen LogP contribution in [0.3, 0.4) is 0 Å². The highest BCUT2D eigenvalue weighted by Crippen LogP contribution is 2.27. The molecule has 1 aromatic rings. The molecule has 110 valence electrons. The third-order valence-corrected chi connectivity index (χ3v) is 4.29. The molecule has 1 amide bonds. The Bertz CT molecular complexity index is 457. The molecule has 1 unspecified atom stereocenters. The SMILES string of the molecule is CCN1CCCC(Nc2ccc(C)cc2)(C(N)=O)CC1. The van der Waals surface area contributed by atoms with Crippen LogP contribution in [0.1, 0.15) is 31.7 Å². The summed E-state index contributed by atoms with van der Waals surface area (Å²) < 4.78 is 0. The first-order valence-electron chi connectivity index (χ1n) is 7.43. The van der Waals surface area contributed by atoms with Crippen LogP contribution in [0, 0.1) is 6.92 Å². The molecule has 1 fully saturated rings. The van der Waals surface area contributed by atoms with E-state index in [0.717, 1.165) is 44.6 Å². The average molecular weight is 275 g/mol. The largest absolute Gasteiger partial charge is 0.371 e. The highest BCUT2D eigenvalue weighted by molar-refractivity contribution is 5.88. The number of nitrogens with one attached hydrogen (secondary N) is 1. The van der Waals surface area contributed by atoms with E-state index in [2.05, 4.69) is 24.1 Å². The molecule has 1 atom stereocenters. The maximum Gasteiger partial charge on any atom is 0.243 e. The predicted octanol–water partition coefficient (Wildman–Crippen LogP) is 2.14. The molecule has 1 aliphatic heterocycles. The quantitative estimate of drug-likeness (QED) is 0.885. The number of likely N-dealkylation sites (tertiary alicyclic amines) is 1. The number of anilines is 1. The van der Waals surface area contributed by atoms with E-state index in [1.807, 2.05) is 24.3 Å². The van der Waals surface area contributed by atoms with E-state index >= 15 is 0 Å². The van der Waals surface area contributed by atoms with E-state index in [1.54, 1.807) is 0 Å². The second-order valence-electron chi connectivity index (χ2n) is 5.73. The maximum atomic E-state index is 12.0. The van der Waals surface area contributed by atoms with Gasteiger partial charge in [-0.15, -0.1) is 0 Å². The lowest BCUT2D eigenvalue weighted by Gasteiger charge is -2.31. The molecule has 4 heteroatoms. The van der Waals surface area contributed by atoms with E-state index in [4.69, 9.17) is 5.73 Å². The highest BCUT2D eigenvalue weighted by atomic mass is 16.1. The summed E-state index contributed by atoms with van der Waals surface area (Å²) in [4.78, 5) is 14.4. The maximum absolute atomic E-state index is 12.0. The van der Waals surface area contributed by atoms with Crippen LogP contribution in [0.5, 0.6) is 0 Å². The molecule has 2 rings (SSSR count). The van der Waals surface area contributed by atoms with Gasteiger partial charge in [0.2, 0.25) is 5.91 Å². The average Bonchev–Trinajstić information content (AvgIpc) is 2.65. The van der Waals surface area contributed by atoms with Gasteiger partial charge in [-0.2, -0.15) is 0 Å². The Morgan fingerprint density at radius 2 is 2.00 bits per heavy atom. The Balaban J connectivity index is 2.17. The lowest BCUT2D eigenvalue weighted by molar-refractivity contribution is -0.122. The summed E-state index contributed by atoms with van der Waals surface area (Å²) in [5.41, 5.74) is 7.29. The normalized spacial score (nSPS) is 24.1. The molecule has 0 aromatic heterocycles. The molecule has 1 heterocycles. The molecule has 0 radical (unpaired) electrons. The molecule has 1 aliphatic rings. The first-order valence-corrected chi connectivity index (χ1v) is 7.43. The summed E-state index contributed by atoms with van der Waals surface area (Å²) in [7, 11) is 0. The van der Waals surface area contributed by atoms with Gasteiger partial charge in [-0.05, 0) is 51.4 Å². The van der Waals surface area contributed by atoms with Gasteiger partial charge in [0.05, 0.1) is 0 Å². The summed E-state index contributed by atoms with van der Waals surface area (Å²) in [6.45, 7) is 7.20. The number of hydrogen-bond donors (Lipinski definition) is 2. The molecule has 0 aliphatic carbocycles. The van der Waals surface area contributed by atoms with Gasteiger partial charge in [-0.25, -0.2) is 0 Å². The van der Waals surface area contributed by atoms with Crippen LogP contribution in [0.2, 0.25) is 0 Å². The molecule has 0 bridgehead atoms. The van der Waals surface area contributed by atoms with Crippen molar-refractivity contribution in [3.8, 4) is 0 Å². The molecule has 1 aromatic carbocycles. The summed E-state index contributed by atoms with van der Waals surface area (Å²) in [6.07, 6.45) is 2.56. The summed E-state index contributed by atoms with van der Waals surface area (Å²) in [5, 5.41) is 3.40. The Labute approximate surface area is 121 Å². The predicted molar refractivity (Wildman–Crippen MR) is 82.7 cm³/mol. The van der Waals surface area contributed by atoms with Crippen LogP contribution in [-0.4, -0.2) is 36.0 Å². The Morgan fingerprint density at radius 3 is 2.60 bits per heavy atom. The van der Waals surface area contributed by atoms with Crippen LogP contribution < -0.4 is 11.1 Å². The first kappa shape index (κ1) is 14.9. The van der Waals surface area contributed by atoms with E-state index in [9.17, 15) is 4.79 Å². The fourth-order valence-electron chi connectivity index (χ4n) is 2.85. The van der Waals surface area contributed by atoms with Crippen molar-refractivity contribution in [2.24, 2.45) is 5.73 Å². The molecule has 1 saturated heterocycles. The smallest absolute Gasteiger partial charge is 0.243 e. The number of carbonyl (C=O) groups excluding carboxylic acids is 1. The van der Waals surface area contributed by atoms with E-state index in [0.29, 0.717) is 0 Å². The van der Waals surface area contributed by atoms with Gasteiger partial charge < -0.3 is 16.0 Å². The van der Waals surface area contributed by atoms with E-state index < -0.39 is 5.54 Å². The van der Waals surface area contributed by atoms with Gasteiger partial charge in [-0.3, -0.25) is 4.79 Å². The molecule has 0 saturated carbocycles. The van der Waals surface area contributed by atoms with Crippen LogP contribution in [0.4, 0.5) is 5.69 Å². The number of nitrogens with zero attached hydrogens (tertiary/aromatic N) is 1. The van der Waals surface area contributed by atoms with Crippen molar-refractivity contribution in [2.75, 3.05) is 25.0 Å². The number of amides is 1. The van der Waals surface area contributed by atoms with Crippen molar-refractivity contribution >= 4 is 11.6 Å². The van der Waals surface area contributed by atoms with Gasteiger partial charge in [0.25, 0.3) is 0 Å². The van der Waals surface area contributed by atoms with Crippen molar-refractivity contribution in [3.05, 3.63) is 29.8 Å². The van der Waals surface area contributed by atoms with Gasteiger partial charge in [0.15, 0.2) is 0 Å². The summed E-state index contributed by atoms with van der Waals surface area (Å²) in [6, 6.07) is 8.13. The second kappa shape index (κ2) is 6.27. The molecular weight excluding hydrogens is 250 g/mol. The monoisotopic (exact) mass is 275 g/mol. The lowest BCUT2D eigenvalue weighted by atomic mass is 9.89. The third kappa shape index (κ3) is 3.31. The zero-order valence-electron chi connectivity index (χ0n) is 12.5. The van der Waals surface area contributed by atoms with Crippen LogP contribution in [0.15, 0.2) is 24.3 Å². The number of rotatable bonds is 4. The molecule has 20 heavy (non-hydrogen) atoms. The minimum absolute atomic E-state index is 0.240. The van der Waals surface area contributed by atoms with Gasteiger partial charge >= 0.3 is 0 Å². The number of carbonyl (C=O) groups is 1. The molecule has 3 N–H and O–H groups in total. The number of hydrogen-bond acceptors (Lipinski definition) is 3. The third-order valence-electron chi connectivity index (χ3n) is 4.29. The Hall–Kier alpha value is -1.55. The van der Waals surface area contributed by atoms with Gasteiger partial charge in [0.1, 0.15) is 5.54 Å². The summed E-state index contributed by atoms with van der Waals surface area (Å²) >= 11 is 0. The van der Waals surface area contributed by atoms with Gasteiger partial charge in [0, 0.05) is 12.2 Å². The van der Waals surface area contributed by atoms with Crippen LogP contribution in [0.25, 0.3) is 0 Å². The lowest BCUT2D eigenvalue weighted by Crippen LogP contribution is -2.51. The fourth-order valence-corrected chi connectivity index (χ4v) is 2.85. The minimum atomic E-state index is -0.612. The van der Waals surface area contributed by atoms with Crippen molar-refractivity contribution in [1.82, 2.24) is 4.90 Å². The number of primary amides is 1. The van der Waals surface area contributed by atoms with Crippen LogP contribution in [-0.2, 0) is 4.79 Å². The van der Waals surface area contributed by atoms with Crippen molar-refractivity contribution in [2.45, 2.75) is 38.6 Å². The van der Waals surface area contributed by atoms with Crippen molar-refractivity contribution in [3.63, 3.8) is 0 Å². The Morgan fingerprint density at radius 1 is 1.30 bits per heavy atom. The van der Waals surface area contributed by atoms with Crippen molar-refractivity contribution in [1.29, 1.82) is 0 Å². The molecule has 0 spiro atoms. The number of aryl methyl sites for hydroxylation is 1. The molecule has 4 nitrogen and oxygen atoms in total.